The Kier molecular flexibility index (Phi) is 3.49. The highest BCUT2D eigenvalue weighted by Crippen LogP contribution is 2.25. The van der Waals surface area contributed by atoms with Gasteiger partial charge in [0.2, 0.25) is 0 Å². The highest BCUT2D eigenvalue weighted by Gasteiger charge is 2.22. The van der Waals surface area contributed by atoms with Gasteiger partial charge in [0.25, 0.3) is 0 Å². The van der Waals surface area contributed by atoms with E-state index in [9.17, 15) is 0 Å². The van der Waals surface area contributed by atoms with E-state index < -0.39 is 0 Å². The van der Waals surface area contributed by atoms with Crippen molar-refractivity contribution in [2.75, 3.05) is 26.7 Å². The molecule has 2 aromatic rings. The van der Waals surface area contributed by atoms with Crippen LogP contribution in [0.15, 0.2) is 29.4 Å². The van der Waals surface area contributed by atoms with Gasteiger partial charge in [-0.25, -0.2) is 0 Å². The maximum absolute atomic E-state index is 4.78. The zero-order valence-electron chi connectivity index (χ0n) is 13.5. The van der Waals surface area contributed by atoms with Crippen LogP contribution in [0.5, 0.6) is 0 Å². The first kappa shape index (κ1) is 13.9. The molecule has 0 unspecified atom stereocenters. The molecule has 0 spiro atoms. The number of likely N-dealkylation sites (tertiary alicyclic amines) is 1. The molecule has 4 rings (SSSR count). The molecule has 2 atom stereocenters. The molecule has 0 bridgehead atoms. The molecule has 2 aliphatic rings. The monoisotopic (exact) mass is 296 g/mol. The van der Waals surface area contributed by atoms with Crippen molar-refractivity contribution in [1.29, 1.82) is 0 Å². The van der Waals surface area contributed by atoms with Gasteiger partial charge < -0.3 is 4.90 Å². The number of benzene rings is 1. The van der Waals surface area contributed by atoms with Crippen molar-refractivity contribution in [2.45, 2.75) is 32.2 Å². The maximum atomic E-state index is 4.78. The summed E-state index contributed by atoms with van der Waals surface area (Å²) in [6.07, 6.45) is 5.77. The fraction of sp³-hybridized carbons (Fsp3) is 0.556. The van der Waals surface area contributed by atoms with E-state index in [0.29, 0.717) is 6.04 Å². The number of rotatable bonds is 2. The van der Waals surface area contributed by atoms with E-state index in [1.165, 1.54) is 36.0 Å². The topological polar surface area (TPSA) is 33.4 Å². The van der Waals surface area contributed by atoms with Gasteiger partial charge in [-0.05, 0) is 56.5 Å². The van der Waals surface area contributed by atoms with E-state index in [2.05, 4.69) is 47.9 Å². The molecule has 0 saturated carbocycles. The predicted molar refractivity (Wildman–Crippen MR) is 90.7 cm³/mol. The van der Waals surface area contributed by atoms with E-state index in [1.807, 2.05) is 0 Å². The SMILES string of the molecule is C[C@H]1CCC(c2ccc3nn([C@@H]4CCN(C)C4)cc3c2)=NC1. The molecule has 1 fully saturated rings. The van der Waals surface area contributed by atoms with Crippen molar-refractivity contribution < 1.29 is 0 Å². The Morgan fingerprint density at radius 3 is 2.86 bits per heavy atom. The average molecular weight is 296 g/mol. The Morgan fingerprint density at radius 1 is 1.23 bits per heavy atom. The number of nitrogens with zero attached hydrogens (tertiary/aromatic N) is 4. The van der Waals surface area contributed by atoms with Gasteiger partial charge in [-0.2, -0.15) is 5.10 Å². The second-order valence-electron chi connectivity index (χ2n) is 7.02. The Bertz CT molecular complexity index is 715. The number of fused-ring (bicyclic) bond motifs is 1. The zero-order chi connectivity index (χ0) is 15.1. The quantitative estimate of drug-likeness (QED) is 0.853. The molecule has 4 nitrogen and oxygen atoms in total. The van der Waals surface area contributed by atoms with Crippen molar-refractivity contribution in [2.24, 2.45) is 10.9 Å². The van der Waals surface area contributed by atoms with Gasteiger partial charge in [-0.3, -0.25) is 9.67 Å². The molecule has 2 aliphatic heterocycles. The third-order valence-electron chi connectivity index (χ3n) is 5.06. The summed E-state index contributed by atoms with van der Waals surface area (Å²) in [5.74, 6) is 0.731. The normalized spacial score (nSPS) is 26.5. The third kappa shape index (κ3) is 2.56. The first-order chi connectivity index (χ1) is 10.7. The Labute approximate surface area is 131 Å². The van der Waals surface area contributed by atoms with Crippen LogP contribution in [0.3, 0.4) is 0 Å². The van der Waals surface area contributed by atoms with Gasteiger partial charge >= 0.3 is 0 Å². The summed E-state index contributed by atoms with van der Waals surface area (Å²) in [7, 11) is 2.18. The lowest BCUT2D eigenvalue weighted by Crippen LogP contribution is -2.16. The molecular formula is C18H24N4. The summed E-state index contributed by atoms with van der Waals surface area (Å²) in [4.78, 5) is 7.14. The standard InChI is InChI=1S/C18H24N4/c1-13-3-5-17(19-10-13)14-4-6-18-15(9-14)11-22(20-18)16-7-8-21(2)12-16/h4,6,9,11,13,16H,3,5,7-8,10,12H2,1-2H3/t13-,16+/m0/s1. The molecule has 4 heteroatoms. The fourth-order valence-corrected chi connectivity index (χ4v) is 3.59. The molecule has 1 aromatic heterocycles. The minimum Gasteiger partial charge on any atom is -0.304 e. The summed E-state index contributed by atoms with van der Waals surface area (Å²) in [6.45, 7) is 5.53. The fourth-order valence-electron chi connectivity index (χ4n) is 3.59. The molecule has 1 saturated heterocycles. The highest BCUT2D eigenvalue weighted by atomic mass is 15.3. The van der Waals surface area contributed by atoms with Crippen molar-refractivity contribution in [3.63, 3.8) is 0 Å². The van der Waals surface area contributed by atoms with Gasteiger partial charge in [0.1, 0.15) is 0 Å². The number of hydrogen-bond donors (Lipinski definition) is 0. The second kappa shape index (κ2) is 5.51. The van der Waals surface area contributed by atoms with E-state index in [-0.39, 0.29) is 0 Å². The van der Waals surface area contributed by atoms with Crippen molar-refractivity contribution >= 4 is 16.6 Å². The van der Waals surface area contributed by atoms with Crippen LogP contribution in [0.1, 0.15) is 37.8 Å². The summed E-state index contributed by atoms with van der Waals surface area (Å²) < 4.78 is 2.17. The van der Waals surface area contributed by atoms with Crippen LogP contribution in [0, 0.1) is 5.92 Å². The number of aliphatic imine (C=N–C) groups is 1. The lowest BCUT2D eigenvalue weighted by molar-refractivity contribution is 0.383. The average Bonchev–Trinajstić information content (AvgIpc) is 3.13. The molecule has 0 amide bonds. The maximum Gasteiger partial charge on any atom is 0.0923 e. The molecule has 22 heavy (non-hydrogen) atoms. The van der Waals surface area contributed by atoms with Crippen LogP contribution in [0.2, 0.25) is 0 Å². The molecule has 0 N–H and O–H groups in total. The molecule has 116 valence electrons. The summed E-state index contributed by atoms with van der Waals surface area (Å²) in [5.41, 5.74) is 3.65. The summed E-state index contributed by atoms with van der Waals surface area (Å²) in [6, 6.07) is 7.14. The van der Waals surface area contributed by atoms with Crippen molar-refractivity contribution in [3.05, 3.63) is 30.0 Å². The van der Waals surface area contributed by atoms with Crippen LogP contribution in [-0.2, 0) is 0 Å². The van der Waals surface area contributed by atoms with E-state index in [4.69, 9.17) is 10.1 Å². The van der Waals surface area contributed by atoms with Gasteiger partial charge in [0.15, 0.2) is 0 Å². The molecule has 3 heterocycles. The molecular weight excluding hydrogens is 272 g/mol. The highest BCUT2D eigenvalue weighted by molar-refractivity contribution is 6.03. The molecule has 0 aliphatic carbocycles. The van der Waals surface area contributed by atoms with Gasteiger partial charge in [-0.15, -0.1) is 0 Å². The van der Waals surface area contributed by atoms with Gasteiger partial charge in [0, 0.05) is 30.4 Å². The summed E-state index contributed by atoms with van der Waals surface area (Å²) >= 11 is 0. The lowest BCUT2D eigenvalue weighted by Gasteiger charge is -2.17. The van der Waals surface area contributed by atoms with E-state index >= 15 is 0 Å². The Hall–Kier alpha value is -1.68. The van der Waals surface area contributed by atoms with Crippen molar-refractivity contribution in [1.82, 2.24) is 14.7 Å². The van der Waals surface area contributed by atoms with Crippen LogP contribution in [0.25, 0.3) is 10.9 Å². The third-order valence-corrected chi connectivity index (χ3v) is 5.06. The second-order valence-corrected chi connectivity index (χ2v) is 7.02. The Balaban J connectivity index is 1.64. The van der Waals surface area contributed by atoms with Crippen molar-refractivity contribution in [3.8, 4) is 0 Å². The number of hydrogen-bond acceptors (Lipinski definition) is 3. The predicted octanol–water partition coefficient (Wildman–Crippen LogP) is 3.13. The van der Waals surface area contributed by atoms with Gasteiger partial charge in [0.05, 0.1) is 11.6 Å². The first-order valence-corrected chi connectivity index (χ1v) is 8.40. The minimum atomic E-state index is 0.522. The molecule has 0 radical (unpaired) electrons. The van der Waals surface area contributed by atoms with Crippen LogP contribution in [-0.4, -0.2) is 47.1 Å². The minimum absolute atomic E-state index is 0.522. The van der Waals surface area contributed by atoms with Gasteiger partial charge in [-0.1, -0.05) is 13.0 Å². The Morgan fingerprint density at radius 2 is 2.14 bits per heavy atom. The largest absolute Gasteiger partial charge is 0.304 e. The number of aromatic nitrogens is 2. The van der Waals surface area contributed by atoms with E-state index in [1.54, 1.807) is 0 Å². The number of likely N-dealkylation sites (N-methyl/N-ethyl adjacent to an activating group) is 1. The first-order valence-electron chi connectivity index (χ1n) is 8.40. The lowest BCUT2D eigenvalue weighted by atomic mass is 9.95. The van der Waals surface area contributed by atoms with E-state index in [0.717, 1.165) is 30.9 Å². The van der Waals surface area contributed by atoms with Crippen LogP contribution in [0.4, 0.5) is 0 Å². The molecule has 1 aromatic carbocycles. The van der Waals surface area contributed by atoms with Crippen LogP contribution >= 0.6 is 0 Å². The summed E-state index contributed by atoms with van der Waals surface area (Å²) in [5, 5.41) is 6.02. The zero-order valence-corrected chi connectivity index (χ0v) is 13.5. The smallest absolute Gasteiger partial charge is 0.0923 e. The van der Waals surface area contributed by atoms with Crippen LogP contribution < -0.4 is 0 Å².